The minimum Gasteiger partial charge on any atom is -0.394 e. The van der Waals surface area contributed by atoms with Crippen molar-refractivity contribution in [2.75, 3.05) is 32.8 Å². The maximum atomic E-state index is 9.66. The number of nitrogens with one attached hydrogen (secondary N) is 1. The molecule has 19 heavy (non-hydrogen) atoms. The highest BCUT2D eigenvalue weighted by Crippen LogP contribution is 2.22. The summed E-state index contributed by atoms with van der Waals surface area (Å²) in [6, 6.07) is 0. The van der Waals surface area contributed by atoms with Crippen molar-refractivity contribution in [1.82, 2.24) is 10.2 Å². The van der Waals surface area contributed by atoms with Gasteiger partial charge in [0.15, 0.2) is 0 Å². The molecule has 0 aromatic heterocycles. The van der Waals surface area contributed by atoms with Crippen LogP contribution < -0.4 is 5.32 Å². The molecule has 0 spiro atoms. The maximum absolute atomic E-state index is 9.66. The Morgan fingerprint density at radius 2 is 2.00 bits per heavy atom. The van der Waals surface area contributed by atoms with E-state index in [0.29, 0.717) is 0 Å². The van der Waals surface area contributed by atoms with Crippen molar-refractivity contribution in [2.24, 2.45) is 5.92 Å². The summed E-state index contributed by atoms with van der Waals surface area (Å²) in [4.78, 5) is 2.55. The van der Waals surface area contributed by atoms with Crippen LogP contribution >= 0.6 is 0 Å². The average molecular weight is 270 g/mol. The molecule has 0 saturated carbocycles. The van der Waals surface area contributed by atoms with Crippen molar-refractivity contribution >= 4 is 0 Å². The van der Waals surface area contributed by atoms with E-state index in [1.165, 1.54) is 45.2 Å². The normalized spacial score (nSPS) is 24.9. The number of hydrogen-bond donors (Lipinski definition) is 2. The molecule has 2 unspecified atom stereocenters. The second kappa shape index (κ2) is 8.93. The summed E-state index contributed by atoms with van der Waals surface area (Å²) in [6.45, 7) is 11.2. The van der Waals surface area contributed by atoms with E-state index >= 15 is 0 Å². The summed E-state index contributed by atoms with van der Waals surface area (Å²) in [5.74, 6) is 0.930. The zero-order chi connectivity index (χ0) is 14.1. The lowest BCUT2D eigenvalue weighted by Gasteiger charge is -2.34. The van der Waals surface area contributed by atoms with Gasteiger partial charge >= 0.3 is 0 Å². The van der Waals surface area contributed by atoms with Crippen LogP contribution in [-0.2, 0) is 0 Å². The van der Waals surface area contributed by atoms with Gasteiger partial charge in [0.25, 0.3) is 0 Å². The van der Waals surface area contributed by atoms with E-state index in [2.05, 4.69) is 31.0 Å². The zero-order valence-electron chi connectivity index (χ0n) is 13.2. The maximum Gasteiger partial charge on any atom is 0.0623 e. The van der Waals surface area contributed by atoms with Crippen LogP contribution in [0, 0.1) is 5.92 Å². The molecule has 0 aliphatic carbocycles. The fourth-order valence-electron chi connectivity index (χ4n) is 3.16. The Morgan fingerprint density at radius 3 is 2.63 bits per heavy atom. The molecule has 1 saturated heterocycles. The molecular formula is C16H34N2O. The fourth-order valence-corrected chi connectivity index (χ4v) is 3.16. The second-order valence-electron chi connectivity index (χ2n) is 6.51. The molecule has 1 heterocycles. The minimum atomic E-state index is -0.138. The highest BCUT2D eigenvalue weighted by molar-refractivity contribution is 4.87. The number of aliphatic hydroxyl groups is 1. The molecule has 0 amide bonds. The number of hydrogen-bond acceptors (Lipinski definition) is 3. The number of likely N-dealkylation sites (tertiary alicyclic amines) is 1. The summed E-state index contributed by atoms with van der Waals surface area (Å²) in [6.07, 6.45) is 7.87. The Balaban J connectivity index is 2.42. The van der Waals surface area contributed by atoms with Gasteiger partial charge in [0, 0.05) is 6.54 Å². The van der Waals surface area contributed by atoms with Gasteiger partial charge in [0.2, 0.25) is 0 Å². The van der Waals surface area contributed by atoms with Gasteiger partial charge in [-0.15, -0.1) is 0 Å². The second-order valence-corrected chi connectivity index (χ2v) is 6.51. The number of rotatable bonds is 8. The van der Waals surface area contributed by atoms with Gasteiger partial charge < -0.3 is 15.3 Å². The van der Waals surface area contributed by atoms with Crippen LogP contribution in [0.4, 0.5) is 0 Å². The Kier molecular flexibility index (Phi) is 7.96. The van der Waals surface area contributed by atoms with Crippen molar-refractivity contribution in [3.63, 3.8) is 0 Å². The van der Waals surface area contributed by atoms with Crippen LogP contribution in [0.2, 0.25) is 0 Å². The Bertz CT molecular complexity index is 235. The lowest BCUT2D eigenvalue weighted by atomic mass is 9.96. The van der Waals surface area contributed by atoms with E-state index < -0.39 is 0 Å². The fraction of sp³-hybridized carbons (Fsp3) is 1.00. The van der Waals surface area contributed by atoms with Crippen LogP contribution in [0.3, 0.4) is 0 Å². The highest BCUT2D eigenvalue weighted by Gasteiger charge is 2.27. The summed E-state index contributed by atoms with van der Waals surface area (Å²) in [7, 11) is 0. The summed E-state index contributed by atoms with van der Waals surface area (Å²) in [5, 5.41) is 13.2. The van der Waals surface area contributed by atoms with Crippen molar-refractivity contribution < 1.29 is 5.11 Å². The molecule has 1 fully saturated rings. The summed E-state index contributed by atoms with van der Waals surface area (Å²) < 4.78 is 0. The van der Waals surface area contributed by atoms with E-state index in [-0.39, 0.29) is 12.1 Å². The molecule has 3 heteroatoms. The third-order valence-corrected chi connectivity index (χ3v) is 4.36. The molecule has 0 bridgehead atoms. The standard InChI is InChI=1S/C16H34N2O/c1-4-7-15-8-6-11-18(12-9-15)13-16(3,14-19)17-10-5-2/h15,17,19H,4-14H2,1-3H3. The van der Waals surface area contributed by atoms with Gasteiger partial charge in [-0.05, 0) is 58.2 Å². The van der Waals surface area contributed by atoms with Gasteiger partial charge in [-0.1, -0.05) is 26.7 Å². The zero-order valence-corrected chi connectivity index (χ0v) is 13.2. The predicted molar refractivity (Wildman–Crippen MR) is 82.5 cm³/mol. The quantitative estimate of drug-likeness (QED) is 0.712. The van der Waals surface area contributed by atoms with E-state index in [1.54, 1.807) is 0 Å². The van der Waals surface area contributed by atoms with Crippen molar-refractivity contribution in [3.8, 4) is 0 Å². The first-order valence-corrected chi connectivity index (χ1v) is 8.21. The predicted octanol–water partition coefficient (Wildman–Crippen LogP) is 2.64. The van der Waals surface area contributed by atoms with Crippen LogP contribution in [0.25, 0.3) is 0 Å². The SMILES string of the molecule is CCCNC(C)(CO)CN1CCCC(CCC)CC1. The molecule has 2 N–H and O–H groups in total. The monoisotopic (exact) mass is 270 g/mol. The van der Waals surface area contributed by atoms with E-state index in [4.69, 9.17) is 0 Å². The molecule has 0 aromatic carbocycles. The number of nitrogens with zero attached hydrogens (tertiary/aromatic N) is 1. The van der Waals surface area contributed by atoms with Crippen LogP contribution in [0.5, 0.6) is 0 Å². The molecule has 0 radical (unpaired) electrons. The topological polar surface area (TPSA) is 35.5 Å². The van der Waals surface area contributed by atoms with Crippen molar-refractivity contribution in [1.29, 1.82) is 0 Å². The van der Waals surface area contributed by atoms with Gasteiger partial charge in [-0.2, -0.15) is 0 Å². The Labute approximate surface area is 119 Å². The third-order valence-electron chi connectivity index (χ3n) is 4.36. The first-order valence-electron chi connectivity index (χ1n) is 8.21. The molecule has 1 rings (SSSR count). The first kappa shape index (κ1) is 16.9. The van der Waals surface area contributed by atoms with E-state index in [9.17, 15) is 5.11 Å². The van der Waals surface area contributed by atoms with Crippen LogP contribution in [-0.4, -0.2) is 48.3 Å². The van der Waals surface area contributed by atoms with Gasteiger partial charge in [-0.25, -0.2) is 0 Å². The van der Waals surface area contributed by atoms with E-state index in [0.717, 1.165) is 25.4 Å². The molecule has 1 aliphatic rings. The van der Waals surface area contributed by atoms with Crippen LogP contribution in [0.15, 0.2) is 0 Å². The largest absolute Gasteiger partial charge is 0.394 e. The van der Waals surface area contributed by atoms with Crippen LogP contribution in [0.1, 0.15) is 59.3 Å². The summed E-state index contributed by atoms with van der Waals surface area (Å²) in [5.41, 5.74) is -0.138. The first-order chi connectivity index (χ1) is 9.13. The van der Waals surface area contributed by atoms with Crippen molar-refractivity contribution in [2.45, 2.75) is 64.8 Å². The lowest BCUT2D eigenvalue weighted by Crippen LogP contribution is -2.54. The van der Waals surface area contributed by atoms with Gasteiger partial charge in [0.05, 0.1) is 12.1 Å². The van der Waals surface area contributed by atoms with Crippen molar-refractivity contribution in [3.05, 3.63) is 0 Å². The van der Waals surface area contributed by atoms with Gasteiger partial charge in [-0.3, -0.25) is 0 Å². The van der Waals surface area contributed by atoms with Gasteiger partial charge in [0.1, 0.15) is 0 Å². The lowest BCUT2D eigenvalue weighted by molar-refractivity contribution is 0.121. The molecule has 3 nitrogen and oxygen atoms in total. The molecule has 1 aliphatic heterocycles. The average Bonchev–Trinajstić information content (AvgIpc) is 2.63. The smallest absolute Gasteiger partial charge is 0.0623 e. The Hall–Kier alpha value is -0.120. The summed E-state index contributed by atoms with van der Waals surface area (Å²) >= 11 is 0. The molecule has 2 atom stereocenters. The minimum absolute atomic E-state index is 0.138. The molecular weight excluding hydrogens is 236 g/mol. The van der Waals surface area contributed by atoms with E-state index in [1.807, 2.05) is 0 Å². The third kappa shape index (κ3) is 6.24. The highest BCUT2D eigenvalue weighted by atomic mass is 16.3. The number of aliphatic hydroxyl groups excluding tert-OH is 1. The molecule has 114 valence electrons. The Morgan fingerprint density at radius 1 is 1.21 bits per heavy atom. The molecule has 0 aromatic rings.